The van der Waals surface area contributed by atoms with Crippen molar-refractivity contribution in [3.05, 3.63) is 12.2 Å². The Kier molecular flexibility index (Phi) is 12.5. The molecule has 0 radical (unpaired) electrons. The van der Waals surface area contributed by atoms with Gasteiger partial charge in [-0.25, -0.2) is 4.79 Å². The van der Waals surface area contributed by atoms with Gasteiger partial charge in [-0.3, -0.25) is 0 Å². The minimum Gasteiger partial charge on any atom is -0.459 e. The molecule has 2 heteroatoms. The van der Waals surface area contributed by atoms with Crippen LogP contribution in [0.15, 0.2) is 12.2 Å². The van der Waals surface area contributed by atoms with E-state index in [1.54, 1.807) is 6.08 Å². The van der Waals surface area contributed by atoms with Crippen LogP contribution in [0.4, 0.5) is 0 Å². The van der Waals surface area contributed by atoms with Gasteiger partial charge >= 0.3 is 5.97 Å². The van der Waals surface area contributed by atoms with Crippen molar-refractivity contribution < 1.29 is 9.53 Å². The highest BCUT2D eigenvalue weighted by atomic mass is 16.5. The standard InChI is InChI=1S/C25H38O2/c1-5-6-7-8-9-10-11-12-13-14-15-16-17-25(26)27-24-20-22(4)18-19-23(24)21(2)3/h1,16-17,21-24H,6-9,12-15,18-20H2,2-4H3/b17-16+/t22-,23+,24-/m1/s1. The molecule has 1 fully saturated rings. The lowest BCUT2D eigenvalue weighted by atomic mass is 9.75. The van der Waals surface area contributed by atoms with E-state index in [9.17, 15) is 4.79 Å². The van der Waals surface area contributed by atoms with Crippen molar-refractivity contribution in [1.29, 1.82) is 0 Å². The number of rotatable bonds is 10. The van der Waals surface area contributed by atoms with Crippen LogP contribution >= 0.6 is 0 Å². The van der Waals surface area contributed by atoms with Gasteiger partial charge in [0.15, 0.2) is 0 Å². The van der Waals surface area contributed by atoms with Crippen molar-refractivity contribution in [2.24, 2.45) is 17.8 Å². The molecule has 0 N–H and O–H groups in total. The molecule has 0 aromatic heterocycles. The number of esters is 1. The number of unbranched alkanes of at least 4 members (excludes halogenated alkanes) is 6. The van der Waals surface area contributed by atoms with Gasteiger partial charge in [-0.1, -0.05) is 33.3 Å². The molecule has 0 spiro atoms. The SMILES string of the molecule is C#CCCCCC#CCCCC/C=C/C(=O)O[C@@H]1C[C@H](C)CC[C@H]1C(C)C. The van der Waals surface area contributed by atoms with Crippen LogP contribution in [0, 0.1) is 41.9 Å². The minimum absolute atomic E-state index is 0.0850. The Labute approximate surface area is 167 Å². The number of carbonyl (C=O) groups is 1. The predicted octanol–water partition coefficient (Wildman–Crippen LogP) is 6.30. The van der Waals surface area contributed by atoms with Crippen molar-refractivity contribution in [3.63, 3.8) is 0 Å². The van der Waals surface area contributed by atoms with Crippen LogP contribution in [0.5, 0.6) is 0 Å². The van der Waals surface area contributed by atoms with Crippen LogP contribution in [0.1, 0.15) is 91.4 Å². The number of allylic oxidation sites excluding steroid dienone is 1. The van der Waals surface area contributed by atoms with Crippen LogP contribution in [-0.4, -0.2) is 12.1 Å². The number of hydrogen-bond donors (Lipinski definition) is 0. The monoisotopic (exact) mass is 370 g/mol. The minimum atomic E-state index is -0.175. The van der Waals surface area contributed by atoms with E-state index in [0.29, 0.717) is 17.8 Å². The second-order valence-electron chi connectivity index (χ2n) is 8.21. The molecular weight excluding hydrogens is 332 g/mol. The van der Waals surface area contributed by atoms with Crippen LogP contribution in [0.2, 0.25) is 0 Å². The fraction of sp³-hybridized carbons (Fsp3) is 0.720. The second kappa shape index (κ2) is 14.4. The summed E-state index contributed by atoms with van der Waals surface area (Å²) >= 11 is 0. The number of terminal acetylenes is 1. The molecule has 0 aliphatic heterocycles. The molecular formula is C25H38O2. The molecule has 150 valence electrons. The van der Waals surface area contributed by atoms with Gasteiger partial charge in [0.2, 0.25) is 0 Å². The van der Waals surface area contributed by atoms with Gasteiger partial charge in [-0.2, -0.15) is 0 Å². The average molecular weight is 371 g/mol. The van der Waals surface area contributed by atoms with Crippen molar-refractivity contribution in [3.8, 4) is 24.2 Å². The molecule has 0 heterocycles. The van der Waals surface area contributed by atoms with Gasteiger partial charge < -0.3 is 4.74 Å². The van der Waals surface area contributed by atoms with Gasteiger partial charge in [0.25, 0.3) is 0 Å². The summed E-state index contributed by atoms with van der Waals surface area (Å²) < 4.78 is 5.78. The topological polar surface area (TPSA) is 26.3 Å². The molecule has 0 amide bonds. The summed E-state index contributed by atoms with van der Waals surface area (Å²) in [5, 5.41) is 0. The molecule has 0 aromatic rings. The number of ether oxygens (including phenoxy) is 1. The van der Waals surface area contributed by atoms with E-state index in [1.807, 2.05) is 6.08 Å². The number of hydrogen-bond acceptors (Lipinski definition) is 2. The normalized spacial score (nSPS) is 22.3. The molecule has 0 unspecified atom stereocenters. The third-order valence-corrected chi connectivity index (χ3v) is 5.40. The molecule has 0 saturated heterocycles. The Morgan fingerprint density at radius 1 is 1.11 bits per heavy atom. The van der Waals surface area contributed by atoms with Gasteiger partial charge in [-0.05, 0) is 62.7 Å². The molecule has 3 atom stereocenters. The lowest BCUT2D eigenvalue weighted by molar-refractivity contribution is -0.149. The highest BCUT2D eigenvalue weighted by Crippen LogP contribution is 2.35. The summed E-state index contributed by atoms with van der Waals surface area (Å²) in [5.41, 5.74) is 0. The Bertz CT molecular complexity index is 541. The Balaban J connectivity index is 2.15. The molecule has 1 saturated carbocycles. The Hall–Kier alpha value is -1.67. The highest BCUT2D eigenvalue weighted by Gasteiger charge is 2.32. The first-order chi connectivity index (χ1) is 13.0. The highest BCUT2D eigenvalue weighted by molar-refractivity contribution is 5.82. The van der Waals surface area contributed by atoms with Crippen molar-refractivity contribution in [1.82, 2.24) is 0 Å². The molecule has 1 aliphatic rings. The lowest BCUT2D eigenvalue weighted by Crippen LogP contribution is -2.35. The van der Waals surface area contributed by atoms with Crippen molar-refractivity contribution in [2.75, 3.05) is 0 Å². The first-order valence-electron chi connectivity index (χ1n) is 10.8. The third-order valence-electron chi connectivity index (χ3n) is 5.40. The molecule has 27 heavy (non-hydrogen) atoms. The van der Waals surface area contributed by atoms with Crippen LogP contribution in [0.25, 0.3) is 0 Å². The van der Waals surface area contributed by atoms with Gasteiger partial charge in [-0.15, -0.1) is 24.2 Å². The fourth-order valence-electron chi connectivity index (χ4n) is 3.71. The van der Waals surface area contributed by atoms with E-state index < -0.39 is 0 Å². The Morgan fingerprint density at radius 2 is 1.78 bits per heavy atom. The number of carbonyl (C=O) groups excluding carboxylic acids is 1. The predicted molar refractivity (Wildman–Crippen MR) is 114 cm³/mol. The Morgan fingerprint density at radius 3 is 2.44 bits per heavy atom. The summed E-state index contributed by atoms with van der Waals surface area (Å²) in [6.45, 7) is 6.72. The molecule has 0 aromatic carbocycles. The fourth-order valence-corrected chi connectivity index (χ4v) is 3.71. The zero-order valence-electron chi connectivity index (χ0n) is 17.6. The van der Waals surface area contributed by atoms with E-state index >= 15 is 0 Å². The first-order valence-corrected chi connectivity index (χ1v) is 10.8. The lowest BCUT2D eigenvalue weighted by Gasteiger charge is -2.36. The third kappa shape index (κ3) is 10.9. The van der Waals surface area contributed by atoms with Crippen LogP contribution in [0.3, 0.4) is 0 Å². The summed E-state index contributed by atoms with van der Waals surface area (Å²) in [6.07, 6.45) is 20.3. The first kappa shape index (κ1) is 23.4. The molecule has 1 aliphatic carbocycles. The summed E-state index contributed by atoms with van der Waals surface area (Å²) in [4.78, 5) is 12.1. The zero-order valence-corrected chi connectivity index (χ0v) is 17.6. The smallest absolute Gasteiger partial charge is 0.330 e. The summed E-state index contributed by atoms with van der Waals surface area (Å²) in [5.74, 6) is 10.6. The van der Waals surface area contributed by atoms with Crippen molar-refractivity contribution in [2.45, 2.75) is 97.5 Å². The summed E-state index contributed by atoms with van der Waals surface area (Å²) in [6, 6.07) is 0. The molecule has 1 rings (SSSR count). The largest absolute Gasteiger partial charge is 0.459 e. The maximum absolute atomic E-state index is 12.1. The summed E-state index contributed by atoms with van der Waals surface area (Å²) in [7, 11) is 0. The maximum Gasteiger partial charge on any atom is 0.330 e. The van der Waals surface area contributed by atoms with E-state index in [0.717, 1.165) is 57.8 Å². The quantitative estimate of drug-likeness (QED) is 0.195. The van der Waals surface area contributed by atoms with Gasteiger partial charge in [0.1, 0.15) is 6.10 Å². The maximum atomic E-state index is 12.1. The van der Waals surface area contributed by atoms with Crippen LogP contribution < -0.4 is 0 Å². The van der Waals surface area contributed by atoms with E-state index in [-0.39, 0.29) is 12.1 Å². The average Bonchev–Trinajstić information content (AvgIpc) is 2.62. The van der Waals surface area contributed by atoms with Gasteiger partial charge in [0.05, 0.1) is 0 Å². The van der Waals surface area contributed by atoms with Crippen LogP contribution in [-0.2, 0) is 9.53 Å². The van der Waals surface area contributed by atoms with E-state index in [2.05, 4.69) is 38.5 Å². The van der Waals surface area contributed by atoms with E-state index in [1.165, 1.54) is 12.8 Å². The zero-order chi connectivity index (χ0) is 19.9. The second-order valence-corrected chi connectivity index (χ2v) is 8.21. The molecule has 0 bridgehead atoms. The van der Waals surface area contributed by atoms with E-state index in [4.69, 9.17) is 11.2 Å². The van der Waals surface area contributed by atoms with Crippen molar-refractivity contribution >= 4 is 5.97 Å². The van der Waals surface area contributed by atoms with Gasteiger partial charge in [0, 0.05) is 25.3 Å². The molecule has 2 nitrogen and oxygen atoms in total.